The van der Waals surface area contributed by atoms with Crippen molar-refractivity contribution < 1.29 is 4.74 Å². The van der Waals surface area contributed by atoms with E-state index in [1.807, 2.05) is 43.3 Å². The Balaban J connectivity index is 0.00000368. The molecule has 3 heterocycles. The average Bonchev–Trinajstić information content (AvgIpc) is 3.54. The SMILES string of the molecule is CCCCc1nc(C)n(-c2ccc3c(c2)CC(C)(C)O3)c(=O)c1Cc1ccc(-c2ccccc2-c2nsc(=O)[nH]2)cc1.[NaH]. The van der Waals surface area contributed by atoms with Crippen molar-refractivity contribution in [2.45, 2.75) is 65.4 Å². The molecular weight excluding hydrogens is 567 g/mol. The maximum atomic E-state index is 14.2. The van der Waals surface area contributed by atoms with Crippen LogP contribution in [0.5, 0.6) is 5.75 Å². The Morgan fingerprint density at radius 1 is 1.02 bits per heavy atom. The van der Waals surface area contributed by atoms with Gasteiger partial charge in [0.1, 0.15) is 17.2 Å². The molecule has 216 valence electrons. The van der Waals surface area contributed by atoms with Gasteiger partial charge in [-0.1, -0.05) is 61.9 Å². The summed E-state index contributed by atoms with van der Waals surface area (Å²) < 4.78 is 12.1. The van der Waals surface area contributed by atoms with Crippen LogP contribution in [0.15, 0.2) is 76.3 Å². The van der Waals surface area contributed by atoms with Crippen molar-refractivity contribution in [1.82, 2.24) is 18.9 Å². The van der Waals surface area contributed by atoms with Gasteiger partial charge in [-0.25, -0.2) is 4.98 Å². The second-order valence-electron chi connectivity index (χ2n) is 11.5. The Bertz CT molecular complexity index is 1890. The summed E-state index contributed by atoms with van der Waals surface area (Å²) >= 11 is 0.916. The Hall–Kier alpha value is -3.30. The summed E-state index contributed by atoms with van der Waals surface area (Å²) in [4.78, 5) is 33.5. The predicted molar refractivity (Wildman–Crippen MR) is 175 cm³/mol. The number of aromatic nitrogens is 4. The fourth-order valence-electron chi connectivity index (χ4n) is 5.78. The third-order valence-corrected chi connectivity index (χ3v) is 8.31. The van der Waals surface area contributed by atoms with E-state index in [1.165, 1.54) is 0 Å². The van der Waals surface area contributed by atoms with Crippen LogP contribution in [0.3, 0.4) is 0 Å². The normalized spacial score (nSPS) is 13.3. The van der Waals surface area contributed by atoms with Crippen molar-refractivity contribution in [3.8, 4) is 34.0 Å². The van der Waals surface area contributed by atoms with Crippen LogP contribution in [-0.2, 0) is 19.3 Å². The molecule has 9 heteroatoms. The van der Waals surface area contributed by atoms with E-state index in [2.05, 4.69) is 60.5 Å². The van der Waals surface area contributed by atoms with E-state index >= 15 is 0 Å². The number of nitrogens with zero attached hydrogens (tertiary/aromatic N) is 3. The minimum atomic E-state index is -0.251. The molecule has 0 aliphatic carbocycles. The fraction of sp³-hybridized carbons (Fsp3) is 0.294. The minimum absolute atomic E-state index is 0. The first-order valence-corrected chi connectivity index (χ1v) is 15.2. The molecule has 0 saturated carbocycles. The molecule has 1 aliphatic rings. The molecule has 0 spiro atoms. The first-order chi connectivity index (χ1) is 20.2. The number of hydrogen-bond donors (Lipinski definition) is 1. The molecule has 43 heavy (non-hydrogen) atoms. The van der Waals surface area contributed by atoms with Gasteiger partial charge < -0.3 is 4.74 Å². The van der Waals surface area contributed by atoms with Gasteiger partial charge in [0, 0.05) is 41.1 Å². The first-order valence-electron chi connectivity index (χ1n) is 14.4. The second-order valence-corrected chi connectivity index (χ2v) is 12.3. The molecule has 0 bridgehead atoms. The van der Waals surface area contributed by atoms with Crippen LogP contribution in [-0.4, -0.2) is 54.1 Å². The first kappa shape index (κ1) is 31.1. The Labute approximate surface area is 277 Å². The molecule has 0 amide bonds. The third-order valence-electron chi connectivity index (χ3n) is 7.77. The Morgan fingerprint density at radius 3 is 2.47 bits per heavy atom. The molecule has 0 unspecified atom stereocenters. The van der Waals surface area contributed by atoms with E-state index in [0.717, 1.165) is 87.7 Å². The number of aryl methyl sites for hydroxylation is 2. The number of aromatic amines is 1. The van der Waals surface area contributed by atoms with Crippen molar-refractivity contribution in [2.75, 3.05) is 0 Å². The summed E-state index contributed by atoms with van der Waals surface area (Å²) in [6.07, 6.45) is 4.07. The molecule has 7 nitrogen and oxygen atoms in total. The summed E-state index contributed by atoms with van der Waals surface area (Å²) in [5.41, 5.74) is 7.18. The average molecular weight is 603 g/mol. The zero-order valence-corrected chi connectivity index (χ0v) is 25.2. The molecule has 5 aromatic rings. The van der Waals surface area contributed by atoms with Crippen LogP contribution in [0.2, 0.25) is 0 Å². The van der Waals surface area contributed by atoms with Gasteiger partial charge in [0.05, 0.1) is 11.4 Å². The molecule has 3 aromatic carbocycles. The monoisotopic (exact) mass is 602 g/mol. The van der Waals surface area contributed by atoms with E-state index < -0.39 is 0 Å². The number of hydrogen-bond acceptors (Lipinski definition) is 6. The van der Waals surface area contributed by atoms with E-state index in [0.29, 0.717) is 18.1 Å². The summed E-state index contributed by atoms with van der Waals surface area (Å²) in [5, 5.41) is 0. The number of ether oxygens (including phenoxy) is 1. The van der Waals surface area contributed by atoms with Gasteiger partial charge in [-0.05, 0) is 68.5 Å². The molecular formula is C34H35N4NaO3S. The number of fused-ring (bicyclic) bond motifs is 1. The van der Waals surface area contributed by atoms with E-state index in [1.54, 1.807) is 4.57 Å². The number of rotatable bonds is 8. The van der Waals surface area contributed by atoms with Gasteiger partial charge in [-0.3, -0.25) is 19.1 Å². The van der Waals surface area contributed by atoms with Crippen molar-refractivity contribution in [3.05, 3.63) is 115 Å². The molecule has 0 radical (unpaired) electrons. The topological polar surface area (TPSA) is 89.9 Å². The zero-order valence-electron chi connectivity index (χ0n) is 24.4. The number of benzene rings is 3. The van der Waals surface area contributed by atoms with Gasteiger partial charge >= 0.3 is 34.4 Å². The van der Waals surface area contributed by atoms with Gasteiger partial charge in [-0.2, -0.15) is 4.37 Å². The van der Waals surface area contributed by atoms with Crippen molar-refractivity contribution >= 4 is 41.1 Å². The van der Waals surface area contributed by atoms with Crippen LogP contribution >= 0.6 is 11.5 Å². The third kappa shape index (κ3) is 6.48. The molecule has 0 fully saturated rings. The van der Waals surface area contributed by atoms with Gasteiger partial charge in [0.2, 0.25) is 0 Å². The number of unbranched alkanes of at least 4 members (excludes halogenated alkanes) is 1. The quantitative estimate of drug-likeness (QED) is 0.220. The molecule has 2 aromatic heterocycles. The van der Waals surface area contributed by atoms with Crippen molar-refractivity contribution in [1.29, 1.82) is 0 Å². The van der Waals surface area contributed by atoms with Gasteiger partial charge in [0.25, 0.3) is 5.56 Å². The van der Waals surface area contributed by atoms with E-state index in [4.69, 9.17) is 9.72 Å². The molecule has 1 aliphatic heterocycles. The zero-order chi connectivity index (χ0) is 29.4. The standard InChI is InChI=1S/C34H34N4O3S.Na.H/c1-5-6-11-29-28(32(39)38(21(2)35-29)25-16-17-30-24(19-25)20-34(3,4)41-30)18-22-12-14-23(15-13-22)26-9-7-8-10-27(26)31-36-33(40)42-37-31;;/h7-10,12-17,19H,5-6,11,18,20H2,1-4H3,(H,36,37,40);;. The molecule has 0 atom stereocenters. The Kier molecular flexibility index (Phi) is 9.23. The number of nitrogens with one attached hydrogen (secondary N) is 1. The van der Waals surface area contributed by atoms with Crippen LogP contribution in [0.1, 0.15) is 61.8 Å². The molecule has 1 N–H and O–H groups in total. The maximum absolute atomic E-state index is 14.2. The van der Waals surface area contributed by atoms with E-state index in [9.17, 15) is 9.59 Å². The van der Waals surface area contributed by atoms with E-state index in [-0.39, 0.29) is 45.6 Å². The van der Waals surface area contributed by atoms with Gasteiger partial charge in [-0.15, -0.1) is 0 Å². The summed E-state index contributed by atoms with van der Waals surface area (Å²) in [6.45, 7) is 8.22. The van der Waals surface area contributed by atoms with Crippen LogP contribution in [0.4, 0.5) is 0 Å². The summed E-state index contributed by atoms with van der Waals surface area (Å²) in [6, 6.07) is 22.1. The van der Waals surface area contributed by atoms with Gasteiger partial charge in [0.15, 0.2) is 5.82 Å². The molecule has 6 rings (SSSR count). The second kappa shape index (κ2) is 12.7. The Morgan fingerprint density at radius 2 is 1.77 bits per heavy atom. The molecule has 0 saturated heterocycles. The summed E-state index contributed by atoms with van der Waals surface area (Å²) in [7, 11) is 0. The van der Waals surface area contributed by atoms with Crippen LogP contribution < -0.4 is 15.2 Å². The van der Waals surface area contributed by atoms with Crippen LogP contribution in [0.25, 0.3) is 28.2 Å². The number of H-pyrrole nitrogens is 1. The summed E-state index contributed by atoms with van der Waals surface area (Å²) in [5.74, 6) is 2.14. The van der Waals surface area contributed by atoms with Crippen molar-refractivity contribution in [3.63, 3.8) is 0 Å². The predicted octanol–water partition coefficient (Wildman–Crippen LogP) is 6.02. The van der Waals surface area contributed by atoms with Crippen LogP contribution in [0, 0.1) is 6.92 Å². The fourth-order valence-corrected chi connectivity index (χ4v) is 6.24. The van der Waals surface area contributed by atoms with Crippen molar-refractivity contribution in [2.24, 2.45) is 0 Å².